The van der Waals surface area contributed by atoms with Gasteiger partial charge in [0.15, 0.2) is 0 Å². The van der Waals surface area contributed by atoms with E-state index >= 15 is 0 Å². The lowest BCUT2D eigenvalue weighted by atomic mass is 9.98. The second-order valence-corrected chi connectivity index (χ2v) is 4.10. The molecule has 0 aliphatic carbocycles. The summed E-state index contributed by atoms with van der Waals surface area (Å²) in [7, 11) is 3.37. The molecule has 0 spiro atoms. The molecule has 4 nitrogen and oxygen atoms in total. The number of nitrogens with zero attached hydrogens (tertiary/aromatic N) is 1. The molecule has 0 fully saturated rings. The highest BCUT2D eigenvalue weighted by Crippen LogP contribution is 2.39. The molecule has 0 aromatic heterocycles. The molecule has 16 heavy (non-hydrogen) atoms. The van der Waals surface area contributed by atoms with Crippen molar-refractivity contribution in [1.82, 2.24) is 0 Å². The molecule has 0 amide bonds. The summed E-state index contributed by atoms with van der Waals surface area (Å²) in [5.41, 5.74) is 2.10. The number of aromatic hydroxyl groups is 1. The van der Waals surface area contributed by atoms with Crippen LogP contribution in [0.1, 0.15) is 17.9 Å². The Morgan fingerprint density at radius 1 is 1.62 bits per heavy atom. The molecular weight excluding hydrogens is 206 g/mol. The number of hydrogen-bond acceptors (Lipinski definition) is 4. The lowest BCUT2D eigenvalue weighted by Crippen LogP contribution is -2.17. The minimum absolute atomic E-state index is 0.111. The number of fused-ring (bicyclic) bond motifs is 1. The van der Waals surface area contributed by atoms with Crippen LogP contribution in [0.4, 0.5) is 5.69 Å². The third kappa shape index (κ3) is 1.83. The first-order valence-corrected chi connectivity index (χ1v) is 5.22. The summed E-state index contributed by atoms with van der Waals surface area (Å²) < 4.78 is 4.67. The van der Waals surface area contributed by atoms with Gasteiger partial charge in [-0.1, -0.05) is 0 Å². The maximum absolute atomic E-state index is 11.3. The van der Waals surface area contributed by atoms with Crippen LogP contribution in [0.15, 0.2) is 18.2 Å². The topological polar surface area (TPSA) is 49.8 Å². The number of phenols is 1. The minimum Gasteiger partial charge on any atom is -0.508 e. The summed E-state index contributed by atoms with van der Waals surface area (Å²) in [5.74, 6) is 0.137. The van der Waals surface area contributed by atoms with Gasteiger partial charge in [0.25, 0.3) is 0 Å². The molecule has 0 bridgehead atoms. The summed E-state index contributed by atoms with van der Waals surface area (Å²) in [5, 5.41) is 9.46. The van der Waals surface area contributed by atoms with E-state index in [0.717, 1.165) is 17.8 Å². The summed E-state index contributed by atoms with van der Waals surface area (Å²) >= 11 is 0. The highest BCUT2D eigenvalue weighted by molar-refractivity contribution is 5.73. The van der Waals surface area contributed by atoms with E-state index in [1.807, 2.05) is 13.1 Å². The van der Waals surface area contributed by atoms with E-state index in [9.17, 15) is 9.90 Å². The van der Waals surface area contributed by atoms with Crippen molar-refractivity contribution < 1.29 is 14.6 Å². The number of phenolic OH excluding ortho intramolecular Hbond substituents is 1. The van der Waals surface area contributed by atoms with Gasteiger partial charge in [0.05, 0.1) is 13.5 Å². The van der Waals surface area contributed by atoms with E-state index in [-0.39, 0.29) is 17.6 Å². The van der Waals surface area contributed by atoms with E-state index in [2.05, 4.69) is 9.64 Å². The fourth-order valence-electron chi connectivity index (χ4n) is 2.20. The molecule has 2 rings (SSSR count). The number of hydrogen-bond donors (Lipinski definition) is 1. The van der Waals surface area contributed by atoms with Crippen molar-refractivity contribution in [3.05, 3.63) is 23.8 Å². The summed E-state index contributed by atoms with van der Waals surface area (Å²) in [6.07, 6.45) is 0.358. The molecule has 1 aliphatic heterocycles. The standard InChI is InChI=1S/C12H15NO3/c1-13-7-8(5-12(15)16-2)10-6-9(14)3-4-11(10)13/h3-4,6,8,14H,5,7H2,1-2H3. The van der Waals surface area contributed by atoms with Crippen molar-refractivity contribution in [3.8, 4) is 5.75 Å². The Kier molecular flexibility index (Phi) is 2.73. The first-order chi connectivity index (χ1) is 7.61. The van der Waals surface area contributed by atoms with Gasteiger partial charge in [-0.3, -0.25) is 4.79 Å². The van der Waals surface area contributed by atoms with Crippen LogP contribution in [-0.4, -0.2) is 31.8 Å². The van der Waals surface area contributed by atoms with E-state index in [1.54, 1.807) is 12.1 Å². The molecule has 4 heteroatoms. The van der Waals surface area contributed by atoms with Crippen molar-refractivity contribution in [3.63, 3.8) is 0 Å². The Morgan fingerprint density at radius 3 is 3.06 bits per heavy atom. The Hall–Kier alpha value is -1.71. The van der Waals surface area contributed by atoms with Gasteiger partial charge in [-0.25, -0.2) is 0 Å². The first kappa shape index (κ1) is 10.8. The van der Waals surface area contributed by atoms with Crippen LogP contribution >= 0.6 is 0 Å². The zero-order chi connectivity index (χ0) is 11.7. The Morgan fingerprint density at radius 2 is 2.38 bits per heavy atom. The van der Waals surface area contributed by atoms with E-state index in [0.29, 0.717) is 6.42 Å². The molecular formula is C12H15NO3. The van der Waals surface area contributed by atoms with Gasteiger partial charge in [0.1, 0.15) is 5.75 Å². The Labute approximate surface area is 94.4 Å². The molecule has 86 valence electrons. The molecule has 0 radical (unpaired) electrons. The molecule has 1 unspecified atom stereocenters. The van der Waals surface area contributed by atoms with Crippen LogP contribution in [0.2, 0.25) is 0 Å². The van der Waals surface area contributed by atoms with Crippen LogP contribution in [0.3, 0.4) is 0 Å². The summed E-state index contributed by atoms with van der Waals surface area (Å²) in [4.78, 5) is 13.4. The van der Waals surface area contributed by atoms with Crippen molar-refractivity contribution >= 4 is 11.7 Å². The van der Waals surface area contributed by atoms with Gasteiger partial charge in [0.2, 0.25) is 0 Å². The molecule has 0 saturated carbocycles. The Balaban J connectivity index is 2.27. The molecule has 1 aliphatic rings. The van der Waals surface area contributed by atoms with Crippen LogP contribution in [-0.2, 0) is 9.53 Å². The number of carbonyl (C=O) groups is 1. The third-order valence-corrected chi connectivity index (χ3v) is 3.00. The van der Waals surface area contributed by atoms with Crippen LogP contribution in [0.25, 0.3) is 0 Å². The van der Waals surface area contributed by atoms with Gasteiger partial charge in [-0.2, -0.15) is 0 Å². The smallest absolute Gasteiger partial charge is 0.306 e. The minimum atomic E-state index is -0.213. The van der Waals surface area contributed by atoms with Gasteiger partial charge in [-0.15, -0.1) is 0 Å². The predicted octanol–water partition coefficient (Wildman–Crippen LogP) is 1.49. The maximum atomic E-state index is 11.3. The van der Waals surface area contributed by atoms with E-state index in [1.165, 1.54) is 7.11 Å². The normalized spacial score (nSPS) is 18.4. The SMILES string of the molecule is COC(=O)CC1CN(C)c2ccc(O)cc21. The quantitative estimate of drug-likeness (QED) is 0.769. The average Bonchev–Trinajstić information content (AvgIpc) is 2.55. The molecule has 0 saturated heterocycles. The largest absolute Gasteiger partial charge is 0.508 e. The number of likely N-dealkylation sites (N-methyl/N-ethyl adjacent to an activating group) is 1. The number of anilines is 1. The summed E-state index contributed by atoms with van der Waals surface area (Å²) in [6.45, 7) is 0.786. The number of benzene rings is 1. The van der Waals surface area contributed by atoms with Gasteiger partial charge in [0, 0.05) is 25.2 Å². The van der Waals surface area contributed by atoms with Crippen LogP contribution < -0.4 is 4.90 Å². The average molecular weight is 221 g/mol. The van der Waals surface area contributed by atoms with Crippen molar-refractivity contribution in [2.45, 2.75) is 12.3 Å². The van der Waals surface area contributed by atoms with Gasteiger partial charge >= 0.3 is 5.97 Å². The number of ether oxygens (including phenoxy) is 1. The number of rotatable bonds is 2. The molecule has 1 heterocycles. The highest BCUT2D eigenvalue weighted by Gasteiger charge is 2.28. The van der Waals surface area contributed by atoms with Gasteiger partial charge in [-0.05, 0) is 23.8 Å². The van der Waals surface area contributed by atoms with Crippen LogP contribution in [0.5, 0.6) is 5.75 Å². The maximum Gasteiger partial charge on any atom is 0.306 e. The van der Waals surface area contributed by atoms with Crippen molar-refractivity contribution in [1.29, 1.82) is 0 Å². The van der Waals surface area contributed by atoms with E-state index < -0.39 is 0 Å². The molecule has 1 atom stereocenters. The summed E-state index contributed by atoms with van der Waals surface area (Å²) in [6, 6.07) is 5.27. The molecule has 1 N–H and O–H groups in total. The number of carbonyl (C=O) groups excluding carboxylic acids is 1. The predicted molar refractivity (Wildman–Crippen MR) is 60.8 cm³/mol. The first-order valence-electron chi connectivity index (χ1n) is 5.22. The fraction of sp³-hybridized carbons (Fsp3) is 0.417. The monoisotopic (exact) mass is 221 g/mol. The zero-order valence-electron chi connectivity index (χ0n) is 9.43. The van der Waals surface area contributed by atoms with Crippen molar-refractivity contribution in [2.75, 3.05) is 25.6 Å². The van der Waals surface area contributed by atoms with Crippen molar-refractivity contribution in [2.24, 2.45) is 0 Å². The zero-order valence-corrected chi connectivity index (χ0v) is 9.43. The molecule has 1 aromatic carbocycles. The highest BCUT2D eigenvalue weighted by atomic mass is 16.5. The van der Waals surface area contributed by atoms with Gasteiger partial charge < -0.3 is 14.7 Å². The second kappa shape index (κ2) is 4.04. The number of methoxy groups -OCH3 is 1. The lowest BCUT2D eigenvalue weighted by Gasteiger charge is -2.11. The molecule has 1 aromatic rings. The Bertz CT molecular complexity index is 417. The fourth-order valence-corrected chi connectivity index (χ4v) is 2.20. The van der Waals surface area contributed by atoms with E-state index in [4.69, 9.17) is 0 Å². The number of esters is 1. The third-order valence-electron chi connectivity index (χ3n) is 3.00. The lowest BCUT2D eigenvalue weighted by molar-refractivity contribution is -0.140. The van der Waals surface area contributed by atoms with Crippen LogP contribution in [0, 0.1) is 0 Å². The second-order valence-electron chi connectivity index (χ2n) is 4.10.